The standard InChI is InChI=1S/C18H27N3O4S.ClH/c1-3-20(4-2)26(23,24)16-5-6-17-14(11-16)7-9-21(17)18(22)12-15-13-25-10-8-19-15;/h5-6,11,15,19H,3-4,7-10,12-13H2,1-2H3;1H. The first-order valence-corrected chi connectivity index (χ1v) is 10.7. The van der Waals surface area contributed by atoms with Crippen LogP contribution in [0.5, 0.6) is 0 Å². The number of amides is 1. The molecule has 1 amide bonds. The molecule has 1 N–H and O–H groups in total. The lowest BCUT2D eigenvalue weighted by Gasteiger charge is -2.26. The number of hydrogen-bond acceptors (Lipinski definition) is 5. The van der Waals surface area contributed by atoms with Crippen molar-refractivity contribution in [2.45, 2.75) is 37.6 Å². The van der Waals surface area contributed by atoms with E-state index in [0.717, 1.165) is 17.8 Å². The number of anilines is 1. The molecule has 0 bridgehead atoms. The molecule has 1 saturated heterocycles. The first-order chi connectivity index (χ1) is 12.5. The van der Waals surface area contributed by atoms with Gasteiger partial charge in [-0.2, -0.15) is 4.31 Å². The maximum Gasteiger partial charge on any atom is 0.243 e. The van der Waals surface area contributed by atoms with Crippen LogP contribution in [-0.2, 0) is 26.0 Å². The van der Waals surface area contributed by atoms with E-state index >= 15 is 0 Å². The minimum atomic E-state index is -3.48. The van der Waals surface area contributed by atoms with E-state index in [0.29, 0.717) is 50.6 Å². The van der Waals surface area contributed by atoms with E-state index < -0.39 is 10.0 Å². The summed E-state index contributed by atoms with van der Waals surface area (Å²) in [6.45, 7) is 7.13. The number of morpholine rings is 1. The number of halogens is 1. The number of nitrogens with zero attached hydrogens (tertiary/aromatic N) is 2. The normalized spacial score (nSPS) is 19.7. The Morgan fingerprint density at radius 1 is 1.33 bits per heavy atom. The van der Waals surface area contributed by atoms with Gasteiger partial charge >= 0.3 is 0 Å². The van der Waals surface area contributed by atoms with Crippen molar-refractivity contribution in [1.82, 2.24) is 9.62 Å². The fourth-order valence-corrected chi connectivity index (χ4v) is 5.09. The predicted molar refractivity (Wildman–Crippen MR) is 107 cm³/mol. The first-order valence-electron chi connectivity index (χ1n) is 9.22. The molecular weight excluding hydrogens is 390 g/mol. The van der Waals surface area contributed by atoms with Crippen molar-refractivity contribution in [2.24, 2.45) is 0 Å². The van der Waals surface area contributed by atoms with E-state index in [-0.39, 0.29) is 24.4 Å². The smallest absolute Gasteiger partial charge is 0.243 e. The Labute approximate surface area is 167 Å². The monoisotopic (exact) mass is 417 g/mol. The molecule has 1 aromatic rings. The summed E-state index contributed by atoms with van der Waals surface area (Å²) in [7, 11) is -3.48. The second kappa shape index (κ2) is 9.34. The van der Waals surface area contributed by atoms with Crippen LogP contribution >= 0.6 is 12.4 Å². The molecule has 2 aliphatic heterocycles. The Kier molecular flexibility index (Phi) is 7.64. The number of hydrogen-bond donors (Lipinski definition) is 1. The number of nitrogens with one attached hydrogen (secondary N) is 1. The Morgan fingerprint density at radius 2 is 2.07 bits per heavy atom. The summed E-state index contributed by atoms with van der Waals surface area (Å²) in [6, 6.07) is 5.14. The van der Waals surface area contributed by atoms with Gasteiger partial charge in [-0.05, 0) is 30.2 Å². The molecule has 1 unspecified atom stereocenters. The highest BCUT2D eigenvalue weighted by molar-refractivity contribution is 7.89. The zero-order valence-corrected chi connectivity index (χ0v) is 17.4. The van der Waals surface area contributed by atoms with E-state index in [1.54, 1.807) is 23.1 Å². The second-order valence-corrected chi connectivity index (χ2v) is 8.54. The van der Waals surface area contributed by atoms with Crippen LogP contribution < -0.4 is 10.2 Å². The van der Waals surface area contributed by atoms with E-state index in [1.165, 1.54) is 4.31 Å². The summed E-state index contributed by atoms with van der Waals surface area (Å²) in [5, 5.41) is 3.29. The minimum absolute atomic E-state index is 0. The fourth-order valence-electron chi connectivity index (χ4n) is 3.58. The molecule has 1 atom stereocenters. The maximum absolute atomic E-state index is 12.7. The molecule has 1 aromatic carbocycles. The van der Waals surface area contributed by atoms with Gasteiger partial charge in [0.25, 0.3) is 0 Å². The molecule has 0 aliphatic carbocycles. The van der Waals surface area contributed by atoms with E-state index in [2.05, 4.69) is 5.32 Å². The van der Waals surface area contributed by atoms with Gasteiger partial charge in [0.1, 0.15) is 0 Å². The number of rotatable bonds is 6. The summed E-state index contributed by atoms with van der Waals surface area (Å²) in [5.74, 6) is 0.0473. The Balaban J connectivity index is 0.00000261. The molecule has 7 nitrogen and oxygen atoms in total. The molecule has 3 rings (SSSR count). The van der Waals surface area contributed by atoms with Gasteiger partial charge in [0.2, 0.25) is 15.9 Å². The highest BCUT2D eigenvalue weighted by Gasteiger charge is 2.29. The summed E-state index contributed by atoms with van der Waals surface area (Å²) >= 11 is 0. The van der Waals surface area contributed by atoms with Gasteiger partial charge in [-0.1, -0.05) is 13.8 Å². The SMILES string of the molecule is CCN(CC)S(=O)(=O)c1ccc2c(c1)CCN2C(=O)CC1COCCN1.Cl. The lowest BCUT2D eigenvalue weighted by Crippen LogP contribution is -2.45. The summed E-state index contributed by atoms with van der Waals surface area (Å²) in [5.41, 5.74) is 1.74. The van der Waals surface area contributed by atoms with Gasteiger partial charge in [-0.3, -0.25) is 4.79 Å². The van der Waals surface area contributed by atoms with Gasteiger partial charge < -0.3 is 15.0 Å². The summed E-state index contributed by atoms with van der Waals surface area (Å²) in [6.07, 6.45) is 1.07. The van der Waals surface area contributed by atoms with E-state index in [1.807, 2.05) is 13.8 Å². The number of sulfonamides is 1. The largest absolute Gasteiger partial charge is 0.378 e. The third-order valence-corrected chi connectivity index (χ3v) is 7.06. The topological polar surface area (TPSA) is 79.0 Å². The molecule has 1 fully saturated rings. The Morgan fingerprint density at radius 3 is 2.70 bits per heavy atom. The Bertz CT molecular complexity index is 762. The molecule has 27 heavy (non-hydrogen) atoms. The van der Waals surface area contributed by atoms with Crippen LogP contribution in [0.2, 0.25) is 0 Å². The van der Waals surface area contributed by atoms with Crippen LogP contribution in [0, 0.1) is 0 Å². The van der Waals surface area contributed by atoms with Gasteiger partial charge in [0, 0.05) is 44.3 Å². The van der Waals surface area contributed by atoms with Crippen LogP contribution in [0.4, 0.5) is 5.69 Å². The van der Waals surface area contributed by atoms with Crippen LogP contribution in [0.25, 0.3) is 0 Å². The van der Waals surface area contributed by atoms with Crippen LogP contribution in [0.1, 0.15) is 25.8 Å². The van der Waals surface area contributed by atoms with Gasteiger partial charge in [0.15, 0.2) is 0 Å². The molecule has 152 valence electrons. The van der Waals surface area contributed by atoms with Crippen molar-refractivity contribution in [1.29, 1.82) is 0 Å². The first kappa shape index (κ1) is 22.1. The van der Waals surface area contributed by atoms with Crippen molar-refractivity contribution >= 4 is 34.0 Å². The summed E-state index contributed by atoms with van der Waals surface area (Å²) < 4.78 is 32.2. The number of benzene rings is 1. The highest BCUT2D eigenvalue weighted by atomic mass is 35.5. The third kappa shape index (κ3) is 4.63. The third-order valence-electron chi connectivity index (χ3n) is 5.01. The van der Waals surface area contributed by atoms with Gasteiger partial charge in [-0.15, -0.1) is 12.4 Å². The van der Waals surface area contributed by atoms with Gasteiger partial charge in [-0.25, -0.2) is 8.42 Å². The molecule has 0 aromatic heterocycles. The Hall–Kier alpha value is -1.19. The number of carbonyl (C=O) groups excluding carboxylic acids is 1. The molecule has 0 saturated carbocycles. The zero-order valence-electron chi connectivity index (χ0n) is 15.8. The molecule has 0 radical (unpaired) electrons. The van der Waals surface area contributed by atoms with E-state index in [9.17, 15) is 13.2 Å². The second-order valence-electron chi connectivity index (χ2n) is 6.61. The average Bonchev–Trinajstić information content (AvgIpc) is 3.06. The lowest BCUT2D eigenvalue weighted by atomic mass is 10.1. The van der Waals surface area contributed by atoms with Crippen LogP contribution in [0.3, 0.4) is 0 Å². The highest BCUT2D eigenvalue weighted by Crippen LogP contribution is 2.31. The quantitative estimate of drug-likeness (QED) is 0.757. The van der Waals surface area contributed by atoms with Crippen molar-refractivity contribution in [3.63, 3.8) is 0 Å². The predicted octanol–water partition coefficient (Wildman–Crippen LogP) is 1.41. The summed E-state index contributed by atoms with van der Waals surface area (Å²) in [4.78, 5) is 14.7. The van der Waals surface area contributed by atoms with Crippen molar-refractivity contribution in [2.75, 3.05) is 44.3 Å². The van der Waals surface area contributed by atoms with Crippen molar-refractivity contribution in [3.8, 4) is 0 Å². The molecule has 2 heterocycles. The minimum Gasteiger partial charge on any atom is -0.378 e. The van der Waals surface area contributed by atoms with Gasteiger partial charge in [0.05, 0.1) is 18.1 Å². The zero-order chi connectivity index (χ0) is 18.7. The van der Waals surface area contributed by atoms with Crippen LogP contribution in [0.15, 0.2) is 23.1 Å². The molecular formula is C18H28ClN3O4S. The van der Waals surface area contributed by atoms with Crippen LogP contribution in [-0.4, -0.2) is 64.1 Å². The van der Waals surface area contributed by atoms with E-state index in [4.69, 9.17) is 4.74 Å². The van der Waals surface area contributed by atoms with Crippen molar-refractivity contribution in [3.05, 3.63) is 23.8 Å². The fraction of sp³-hybridized carbons (Fsp3) is 0.611. The molecule has 9 heteroatoms. The number of fused-ring (bicyclic) bond motifs is 1. The van der Waals surface area contributed by atoms with Crippen molar-refractivity contribution < 1.29 is 17.9 Å². The lowest BCUT2D eigenvalue weighted by molar-refractivity contribution is -0.119. The molecule has 0 spiro atoms. The average molecular weight is 418 g/mol. The maximum atomic E-state index is 12.7. The number of carbonyl (C=O) groups is 1. The molecule has 2 aliphatic rings. The number of ether oxygens (including phenoxy) is 1.